The molecular weight excluding hydrogens is 262 g/mol. The van der Waals surface area contributed by atoms with E-state index in [-0.39, 0.29) is 0 Å². The van der Waals surface area contributed by atoms with Crippen molar-refractivity contribution in [1.29, 1.82) is 0 Å². The third-order valence-electron chi connectivity index (χ3n) is 2.74. The summed E-state index contributed by atoms with van der Waals surface area (Å²) in [5, 5.41) is 5.63. The SMILES string of the molecule is CCC(NCCOCCOCCOC)c1cccs1. The molecule has 5 heteroatoms. The Hall–Kier alpha value is -0.460. The van der Waals surface area contributed by atoms with Crippen molar-refractivity contribution >= 4 is 11.3 Å². The average Bonchev–Trinajstić information content (AvgIpc) is 2.95. The van der Waals surface area contributed by atoms with Crippen molar-refractivity contribution in [2.45, 2.75) is 19.4 Å². The number of nitrogens with one attached hydrogen (secondary N) is 1. The molecule has 0 saturated carbocycles. The van der Waals surface area contributed by atoms with E-state index in [2.05, 4.69) is 29.8 Å². The highest BCUT2D eigenvalue weighted by molar-refractivity contribution is 7.10. The molecule has 0 aliphatic heterocycles. The van der Waals surface area contributed by atoms with E-state index in [1.165, 1.54) is 4.88 Å². The van der Waals surface area contributed by atoms with Crippen LogP contribution in [0.5, 0.6) is 0 Å². The summed E-state index contributed by atoms with van der Waals surface area (Å²) in [6.45, 7) is 6.33. The summed E-state index contributed by atoms with van der Waals surface area (Å²) in [5.74, 6) is 0. The molecule has 19 heavy (non-hydrogen) atoms. The average molecular weight is 287 g/mol. The van der Waals surface area contributed by atoms with Gasteiger partial charge in [0, 0.05) is 24.6 Å². The van der Waals surface area contributed by atoms with Crippen LogP contribution in [0.25, 0.3) is 0 Å². The lowest BCUT2D eigenvalue weighted by molar-refractivity contribution is 0.0252. The predicted octanol–water partition coefficient (Wildman–Crippen LogP) is 2.47. The van der Waals surface area contributed by atoms with Crippen molar-refractivity contribution in [2.24, 2.45) is 0 Å². The minimum atomic E-state index is 0.446. The molecule has 110 valence electrons. The van der Waals surface area contributed by atoms with Crippen LogP contribution in [0.15, 0.2) is 17.5 Å². The summed E-state index contributed by atoms with van der Waals surface area (Å²) < 4.78 is 15.7. The van der Waals surface area contributed by atoms with E-state index in [0.717, 1.165) is 19.6 Å². The van der Waals surface area contributed by atoms with Gasteiger partial charge in [-0.3, -0.25) is 0 Å². The second-order valence-corrected chi connectivity index (χ2v) is 5.13. The van der Waals surface area contributed by atoms with Gasteiger partial charge in [-0.05, 0) is 17.9 Å². The van der Waals surface area contributed by atoms with Crippen LogP contribution in [0.3, 0.4) is 0 Å². The maximum absolute atomic E-state index is 5.50. The number of rotatable bonds is 12. The molecule has 1 N–H and O–H groups in total. The minimum absolute atomic E-state index is 0.446. The van der Waals surface area contributed by atoms with Gasteiger partial charge >= 0.3 is 0 Å². The molecule has 1 unspecified atom stereocenters. The van der Waals surface area contributed by atoms with Crippen LogP contribution in [-0.2, 0) is 14.2 Å². The first-order valence-electron chi connectivity index (χ1n) is 6.79. The van der Waals surface area contributed by atoms with Gasteiger partial charge in [0.15, 0.2) is 0 Å². The molecule has 0 aromatic carbocycles. The van der Waals surface area contributed by atoms with Crippen LogP contribution < -0.4 is 5.32 Å². The van der Waals surface area contributed by atoms with Crippen molar-refractivity contribution in [3.63, 3.8) is 0 Å². The van der Waals surface area contributed by atoms with Crippen LogP contribution in [0.1, 0.15) is 24.3 Å². The lowest BCUT2D eigenvalue weighted by Crippen LogP contribution is -2.25. The van der Waals surface area contributed by atoms with E-state index < -0.39 is 0 Å². The molecule has 0 radical (unpaired) electrons. The minimum Gasteiger partial charge on any atom is -0.382 e. The molecule has 1 aromatic heterocycles. The summed E-state index contributed by atoms with van der Waals surface area (Å²) in [7, 11) is 1.67. The standard InChI is InChI=1S/C14H25NO3S/c1-3-13(14-5-4-12-19-14)15-6-7-17-10-11-18-9-8-16-2/h4-5,12-13,15H,3,6-11H2,1-2H3. The summed E-state index contributed by atoms with van der Waals surface area (Å²) in [5.41, 5.74) is 0. The van der Waals surface area contributed by atoms with Gasteiger partial charge in [-0.1, -0.05) is 13.0 Å². The normalized spacial score (nSPS) is 12.7. The molecule has 1 aromatic rings. The molecule has 0 amide bonds. The van der Waals surface area contributed by atoms with Gasteiger partial charge in [0.1, 0.15) is 0 Å². The number of methoxy groups -OCH3 is 1. The third kappa shape index (κ3) is 7.64. The second kappa shape index (κ2) is 11.4. The fourth-order valence-corrected chi connectivity index (χ4v) is 2.59. The van der Waals surface area contributed by atoms with Gasteiger partial charge in [0.25, 0.3) is 0 Å². The molecule has 4 nitrogen and oxygen atoms in total. The zero-order chi connectivity index (χ0) is 13.8. The smallest absolute Gasteiger partial charge is 0.0701 e. The Morgan fingerprint density at radius 1 is 1.16 bits per heavy atom. The Morgan fingerprint density at radius 2 is 1.89 bits per heavy atom. The summed E-state index contributed by atoms with van der Waals surface area (Å²) >= 11 is 1.80. The Balaban J connectivity index is 1.95. The van der Waals surface area contributed by atoms with E-state index in [4.69, 9.17) is 14.2 Å². The Bertz CT molecular complexity index is 293. The van der Waals surface area contributed by atoms with Crippen molar-refractivity contribution in [1.82, 2.24) is 5.32 Å². The number of hydrogen-bond donors (Lipinski definition) is 1. The quantitative estimate of drug-likeness (QED) is 0.600. The molecule has 1 atom stereocenters. The highest BCUT2D eigenvalue weighted by Crippen LogP contribution is 2.21. The first-order chi connectivity index (χ1) is 9.38. The molecule has 0 fully saturated rings. The molecule has 1 rings (SSSR count). The van der Waals surface area contributed by atoms with Gasteiger partial charge in [0.2, 0.25) is 0 Å². The summed E-state index contributed by atoms with van der Waals surface area (Å²) in [6.07, 6.45) is 1.10. The Kier molecular flexibility index (Phi) is 9.93. The van der Waals surface area contributed by atoms with Crippen molar-refractivity contribution in [2.75, 3.05) is 46.7 Å². The van der Waals surface area contributed by atoms with Crippen LogP contribution in [-0.4, -0.2) is 46.7 Å². The van der Waals surface area contributed by atoms with E-state index >= 15 is 0 Å². The van der Waals surface area contributed by atoms with Crippen molar-refractivity contribution in [3.05, 3.63) is 22.4 Å². The Labute approximate surface area is 120 Å². The van der Waals surface area contributed by atoms with Crippen LogP contribution in [0, 0.1) is 0 Å². The van der Waals surface area contributed by atoms with Gasteiger partial charge in [-0.15, -0.1) is 11.3 Å². The fraction of sp³-hybridized carbons (Fsp3) is 0.714. The number of ether oxygens (including phenoxy) is 3. The predicted molar refractivity (Wildman–Crippen MR) is 78.9 cm³/mol. The largest absolute Gasteiger partial charge is 0.382 e. The zero-order valence-corrected chi connectivity index (χ0v) is 12.7. The van der Waals surface area contributed by atoms with Crippen molar-refractivity contribution < 1.29 is 14.2 Å². The maximum Gasteiger partial charge on any atom is 0.0701 e. The first kappa shape index (κ1) is 16.6. The Morgan fingerprint density at radius 3 is 2.53 bits per heavy atom. The van der Waals surface area contributed by atoms with E-state index in [0.29, 0.717) is 32.5 Å². The molecule has 0 bridgehead atoms. The van der Waals surface area contributed by atoms with Crippen LogP contribution in [0.4, 0.5) is 0 Å². The number of hydrogen-bond acceptors (Lipinski definition) is 5. The van der Waals surface area contributed by atoms with E-state index in [1.54, 1.807) is 18.4 Å². The van der Waals surface area contributed by atoms with Crippen molar-refractivity contribution in [3.8, 4) is 0 Å². The molecule has 0 aliphatic rings. The fourth-order valence-electron chi connectivity index (χ4n) is 1.71. The summed E-state index contributed by atoms with van der Waals surface area (Å²) in [4.78, 5) is 1.39. The topological polar surface area (TPSA) is 39.7 Å². The summed E-state index contributed by atoms with van der Waals surface area (Å²) in [6, 6.07) is 4.72. The number of thiophene rings is 1. The molecule has 0 spiro atoms. The first-order valence-corrected chi connectivity index (χ1v) is 7.67. The van der Waals surface area contributed by atoms with E-state index in [1.807, 2.05) is 0 Å². The van der Waals surface area contributed by atoms with Gasteiger partial charge in [-0.25, -0.2) is 0 Å². The van der Waals surface area contributed by atoms with Gasteiger partial charge < -0.3 is 19.5 Å². The lowest BCUT2D eigenvalue weighted by atomic mass is 10.2. The van der Waals surface area contributed by atoms with Gasteiger partial charge in [0.05, 0.1) is 33.0 Å². The molecule has 0 saturated heterocycles. The molecule has 0 aliphatic carbocycles. The highest BCUT2D eigenvalue weighted by atomic mass is 32.1. The van der Waals surface area contributed by atoms with Crippen LogP contribution >= 0.6 is 11.3 Å². The van der Waals surface area contributed by atoms with E-state index in [9.17, 15) is 0 Å². The monoisotopic (exact) mass is 287 g/mol. The van der Waals surface area contributed by atoms with Gasteiger partial charge in [-0.2, -0.15) is 0 Å². The molecular formula is C14H25NO3S. The zero-order valence-electron chi connectivity index (χ0n) is 11.9. The maximum atomic E-state index is 5.50. The highest BCUT2D eigenvalue weighted by Gasteiger charge is 2.08. The second-order valence-electron chi connectivity index (χ2n) is 4.15. The molecule has 1 heterocycles. The van der Waals surface area contributed by atoms with Crippen LogP contribution in [0.2, 0.25) is 0 Å². The lowest BCUT2D eigenvalue weighted by Gasteiger charge is -2.15. The third-order valence-corrected chi connectivity index (χ3v) is 3.72.